The molecule has 108 valence electrons. The average Bonchev–Trinajstić information content (AvgIpc) is 3.06. The molecule has 7 nitrogen and oxygen atoms in total. The molecule has 0 amide bonds. The van der Waals surface area contributed by atoms with Gasteiger partial charge < -0.3 is 9.47 Å². The van der Waals surface area contributed by atoms with E-state index in [9.17, 15) is 0 Å². The van der Waals surface area contributed by atoms with Gasteiger partial charge in [-0.1, -0.05) is 0 Å². The largest absolute Gasteiger partial charge is 0.338 e. The highest BCUT2D eigenvalue weighted by Crippen LogP contribution is 2.11. The van der Waals surface area contributed by atoms with Crippen LogP contribution in [0.25, 0.3) is 0 Å². The molecule has 3 heterocycles. The minimum atomic E-state index is 0.828. The van der Waals surface area contributed by atoms with Crippen molar-refractivity contribution in [1.29, 1.82) is 0 Å². The molecule has 3 rings (SSSR count). The van der Waals surface area contributed by atoms with E-state index in [0.29, 0.717) is 0 Å². The van der Waals surface area contributed by atoms with E-state index in [1.807, 2.05) is 26.5 Å². The van der Waals surface area contributed by atoms with Crippen molar-refractivity contribution in [3.05, 3.63) is 24.0 Å². The van der Waals surface area contributed by atoms with Crippen LogP contribution in [0, 0.1) is 6.92 Å². The van der Waals surface area contributed by atoms with Gasteiger partial charge in [0.25, 0.3) is 0 Å². The van der Waals surface area contributed by atoms with Gasteiger partial charge in [-0.25, -0.2) is 4.98 Å². The van der Waals surface area contributed by atoms with Crippen LogP contribution in [0.2, 0.25) is 0 Å². The van der Waals surface area contributed by atoms with Gasteiger partial charge >= 0.3 is 0 Å². The molecule has 2 aromatic rings. The van der Waals surface area contributed by atoms with E-state index < -0.39 is 0 Å². The molecule has 7 heteroatoms. The van der Waals surface area contributed by atoms with Gasteiger partial charge in [-0.05, 0) is 6.92 Å². The maximum atomic E-state index is 4.39. The van der Waals surface area contributed by atoms with Gasteiger partial charge in [-0.2, -0.15) is 4.98 Å². The fourth-order valence-electron chi connectivity index (χ4n) is 2.54. The number of nitrogens with zero attached hydrogens (tertiary/aromatic N) is 6. The van der Waals surface area contributed by atoms with Gasteiger partial charge in [0.15, 0.2) is 0 Å². The maximum absolute atomic E-state index is 4.39. The summed E-state index contributed by atoms with van der Waals surface area (Å²) in [5.41, 5.74) is 1.29. The van der Waals surface area contributed by atoms with Crippen LogP contribution in [0.4, 0.5) is 5.95 Å². The fraction of sp³-hybridized carbons (Fsp3) is 0.615. The first-order chi connectivity index (χ1) is 9.72. The van der Waals surface area contributed by atoms with Crippen molar-refractivity contribution in [1.82, 2.24) is 29.6 Å². The molecule has 0 bridgehead atoms. The number of hydrogen-bond donors (Lipinski definition) is 1. The number of nitrogens with one attached hydrogen (secondary N) is 1. The predicted molar refractivity (Wildman–Crippen MR) is 76.7 cm³/mol. The van der Waals surface area contributed by atoms with Crippen molar-refractivity contribution in [2.24, 2.45) is 7.05 Å². The zero-order valence-corrected chi connectivity index (χ0v) is 12.1. The van der Waals surface area contributed by atoms with Crippen LogP contribution >= 0.6 is 0 Å². The van der Waals surface area contributed by atoms with E-state index in [1.165, 1.54) is 5.69 Å². The molecule has 0 saturated carbocycles. The molecule has 0 aromatic carbocycles. The minimum absolute atomic E-state index is 0.828. The molecule has 0 spiro atoms. The third-order valence-corrected chi connectivity index (χ3v) is 3.84. The Hall–Kier alpha value is -1.89. The third-order valence-electron chi connectivity index (χ3n) is 3.84. The SMILES string of the molecule is Cc1nc(N2CCN(CCc3cncn3C)CC2)n[nH]1. The zero-order chi connectivity index (χ0) is 13.9. The van der Waals surface area contributed by atoms with Gasteiger partial charge in [0, 0.05) is 58.1 Å². The second-order valence-electron chi connectivity index (χ2n) is 5.30. The Kier molecular flexibility index (Phi) is 3.68. The van der Waals surface area contributed by atoms with Gasteiger partial charge in [0.2, 0.25) is 5.95 Å². The number of H-pyrrole nitrogens is 1. The van der Waals surface area contributed by atoms with E-state index >= 15 is 0 Å². The summed E-state index contributed by atoms with van der Waals surface area (Å²) in [5, 5.41) is 7.12. The second kappa shape index (κ2) is 5.62. The van der Waals surface area contributed by atoms with Crippen LogP contribution in [0.5, 0.6) is 0 Å². The molecule has 0 unspecified atom stereocenters. The average molecular weight is 275 g/mol. The first kappa shape index (κ1) is 13.1. The van der Waals surface area contributed by atoms with Crippen molar-refractivity contribution in [3.63, 3.8) is 0 Å². The molecule has 1 fully saturated rings. The summed E-state index contributed by atoms with van der Waals surface area (Å²) in [6, 6.07) is 0. The van der Waals surface area contributed by atoms with E-state index in [2.05, 4.69) is 34.5 Å². The lowest BCUT2D eigenvalue weighted by atomic mass is 10.2. The summed E-state index contributed by atoms with van der Waals surface area (Å²) in [6.45, 7) is 7.11. The number of aromatic nitrogens is 5. The van der Waals surface area contributed by atoms with Gasteiger partial charge in [0.1, 0.15) is 5.82 Å². The zero-order valence-electron chi connectivity index (χ0n) is 12.1. The number of hydrogen-bond acceptors (Lipinski definition) is 5. The first-order valence-electron chi connectivity index (χ1n) is 7.04. The standard InChI is InChI=1S/C13H21N7/c1-11-15-13(17-16-11)20-7-5-19(6-8-20)4-3-12-9-14-10-18(12)2/h9-10H,3-8H2,1-2H3,(H,15,16,17). The Morgan fingerprint density at radius 1 is 1.25 bits per heavy atom. The molecule has 0 atom stereocenters. The summed E-state index contributed by atoms with van der Waals surface area (Å²) >= 11 is 0. The van der Waals surface area contributed by atoms with Crippen LogP contribution in [0.3, 0.4) is 0 Å². The van der Waals surface area contributed by atoms with Crippen LogP contribution in [0.1, 0.15) is 11.5 Å². The number of anilines is 1. The number of aryl methyl sites for hydroxylation is 2. The van der Waals surface area contributed by atoms with Gasteiger partial charge in [-0.15, -0.1) is 5.10 Å². The number of aromatic amines is 1. The second-order valence-corrected chi connectivity index (χ2v) is 5.30. The van der Waals surface area contributed by atoms with E-state index in [4.69, 9.17) is 0 Å². The molecule has 1 N–H and O–H groups in total. The molecular formula is C13H21N7. The molecule has 1 saturated heterocycles. The topological polar surface area (TPSA) is 65.9 Å². The summed E-state index contributed by atoms with van der Waals surface area (Å²) in [5.74, 6) is 1.70. The van der Waals surface area contributed by atoms with Crippen molar-refractivity contribution >= 4 is 5.95 Å². The highest BCUT2D eigenvalue weighted by molar-refractivity contribution is 5.29. The van der Waals surface area contributed by atoms with Crippen LogP contribution in [0.15, 0.2) is 12.5 Å². The molecule has 1 aliphatic heterocycles. The lowest BCUT2D eigenvalue weighted by Gasteiger charge is -2.34. The lowest BCUT2D eigenvalue weighted by molar-refractivity contribution is 0.258. The summed E-state index contributed by atoms with van der Waals surface area (Å²) in [7, 11) is 2.05. The Bertz CT molecular complexity index is 551. The van der Waals surface area contributed by atoms with Crippen molar-refractivity contribution in [3.8, 4) is 0 Å². The summed E-state index contributed by atoms with van der Waals surface area (Å²) in [6.07, 6.45) is 4.86. The third kappa shape index (κ3) is 2.82. The predicted octanol–water partition coefficient (Wildman–Crippen LogP) is 0.211. The monoisotopic (exact) mass is 275 g/mol. The van der Waals surface area contributed by atoms with Crippen molar-refractivity contribution < 1.29 is 0 Å². The smallest absolute Gasteiger partial charge is 0.244 e. The number of imidazole rings is 1. The van der Waals surface area contributed by atoms with Crippen LogP contribution < -0.4 is 4.90 Å². The quantitative estimate of drug-likeness (QED) is 0.864. The van der Waals surface area contributed by atoms with E-state index in [0.717, 1.165) is 50.9 Å². The Morgan fingerprint density at radius 3 is 2.65 bits per heavy atom. The maximum Gasteiger partial charge on any atom is 0.244 e. The van der Waals surface area contributed by atoms with Crippen molar-refractivity contribution in [2.75, 3.05) is 37.6 Å². The normalized spacial score (nSPS) is 16.8. The molecule has 2 aromatic heterocycles. The van der Waals surface area contributed by atoms with E-state index in [-0.39, 0.29) is 0 Å². The number of rotatable bonds is 4. The van der Waals surface area contributed by atoms with Gasteiger partial charge in [0.05, 0.1) is 6.33 Å². The van der Waals surface area contributed by atoms with Crippen LogP contribution in [-0.4, -0.2) is 62.4 Å². The first-order valence-corrected chi connectivity index (χ1v) is 7.04. The molecule has 20 heavy (non-hydrogen) atoms. The van der Waals surface area contributed by atoms with Gasteiger partial charge in [-0.3, -0.25) is 10.00 Å². The summed E-state index contributed by atoms with van der Waals surface area (Å²) < 4.78 is 2.09. The Morgan fingerprint density at radius 2 is 2.05 bits per heavy atom. The van der Waals surface area contributed by atoms with E-state index in [1.54, 1.807) is 0 Å². The van der Waals surface area contributed by atoms with Crippen molar-refractivity contribution in [2.45, 2.75) is 13.3 Å². The summed E-state index contributed by atoms with van der Waals surface area (Å²) in [4.78, 5) is 13.3. The lowest BCUT2D eigenvalue weighted by Crippen LogP contribution is -2.47. The molecular weight excluding hydrogens is 254 g/mol. The van der Waals surface area contributed by atoms with Crippen LogP contribution in [-0.2, 0) is 13.5 Å². The minimum Gasteiger partial charge on any atom is -0.338 e. The molecule has 0 aliphatic carbocycles. The molecule has 1 aliphatic rings. The molecule has 0 radical (unpaired) electrons. The Balaban J connectivity index is 1.48. The number of piperazine rings is 1. The fourth-order valence-corrected chi connectivity index (χ4v) is 2.54. The highest BCUT2D eigenvalue weighted by Gasteiger charge is 2.19. The highest BCUT2D eigenvalue weighted by atomic mass is 15.4. The Labute approximate surface area is 118 Å².